The van der Waals surface area contributed by atoms with Gasteiger partial charge in [0.15, 0.2) is 11.5 Å². The monoisotopic (exact) mass is 423 g/mol. The lowest BCUT2D eigenvalue weighted by Gasteiger charge is -2.19. The van der Waals surface area contributed by atoms with Crippen LogP contribution in [0.25, 0.3) is 10.9 Å². The minimum atomic E-state index is -0.572. The van der Waals surface area contributed by atoms with Crippen LogP contribution in [0.4, 0.5) is 5.69 Å². The summed E-state index contributed by atoms with van der Waals surface area (Å²) in [4.78, 5) is 30.1. The standard InChI is InChI=1S/C23H25N3O5/c1-29-19-10-15(11-20(30-2)22(19)31-3)26-21(27)12-18(23(26)28)24-9-8-14-13-25-17-7-5-4-6-16(14)17/h4-7,10-11,13,18,24-25H,8-9,12H2,1-3H3/t18-/m0/s1. The SMILES string of the molecule is COc1cc(N2C(=O)C[C@H](NCCc3c[nH]c4ccccc34)C2=O)cc(OC)c1OC. The third-order valence-corrected chi connectivity index (χ3v) is 5.51. The first-order valence-corrected chi connectivity index (χ1v) is 10.0. The number of methoxy groups -OCH3 is 3. The van der Waals surface area contributed by atoms with E-state index in [1.807, 2.05) is 24.4 Å². The van der Waals surface area contributed by atoms with Crippen LogP contribution in [0.3, 0.4) is 0 Å². The van der Waals surface area contributed by atoms with Crippen molar-refractivity contribution in [3.05, 3.63) is 48.2 Å². The number of amides is 2. The molecule has 1 aliphatic rings. The Kier molecular flexibility index (Phi) is 5.81. The molecule has 0 radical (unpaired) electrons. The molecule has 2 aromatic carbocycles. The third-order valence-electron chi connectivity index (χ3n) is 5.51. The van der Waals surface area contributed by atoms with Gasteiger partial charge < -0.3 is 24.5 Å². The van der Waals surface area contributed by atoms with Crippen molar-refractivity contribution in [3.63, 3.8) is 0 Å². The molecule has 2 N–H and O–H groups in total. The van der Waals surface area contributed by atoms with Crippen LogP contribution in [0.15, 0.2) is 42.6 Å². The number of para-hydroxylation sites is 1. The fraction of sp³-hybridized carbons (Fsp3) is 0.304. The zero-order chi connectivity index (χ0) is 22.0. The second-order valence-corrected chi connectivity index (χ2v) is 7.27. The Balaban J connectivity index is 1.47. The highest BCUT2D eigenvalue weighted by molar-refractivity contribution is 6.22. The lowest BCUT2D eigenvalue weighted by Crippen LogP contribution is -2.39. The molecule has 1 saturated heterocycles. The van der Waals surface area contributed by atoms with Gasteiger partial charge in [-0.25, -0.2) is 4.90 Å². The molecular formula is C23H25N3O5. The maximum Gasteiger partial charge on any atom is 0.251 e. The van der Waals surface area contributed by atoms with Crippen LogP contribution in [0.1, 0.15) is 12.0 Å². The Bertz CT molecular complexity index is 1100. The summed E-state index contributed by atoms with van der Waals surface area (Å²) in [6.45, 7) is 0.578. The van der Waals surface area contributed by atoms with E-state index in [-0.39, 0.29) is 18.2 Å². The summed E-state index contributed by atoms with van der Waals surface area (Å²) in [6, 6.07) is 10.7. The zero-order valence-electron chi connectivity index (χ0n) is 17.7. The molecule has 1 aliphatic heterocycles. The Morgan fingerprint density at radius 2 is 1.77 bits per heavy atom. The van der Waals surface area contributed by atoms with Crippen LogP contribution >= 0.6 is 0 Å². The first kappa shape index (κ1) is 20.7. The van der Waals surface area contributed by atoms with Crippen molar-refractivity contribution in [2.45, 2.75) is 18.9 Å². The Hall–Kier alpha value is -3.52. The molecule has 162 valence electrons. The van der Waals surface area contributed by atoms with Gasteiger partial charge in [0, 0.05) is 35.8 Å². The van der Waals surface area contributed by atoms with Crippen LogP contribution in [0, 0.1) is 0 Å². The summed E-state index contributed by atoms with van der Waals surface area (Å²) in [6.07, 6.45) is 2.83. The maximum absolute atomic E-state index is 13.0. The van der Waals surface area contributed by atoms with E-state index in [2.05, 4.69) is 16.4 Å². The summed E-state index contributed by atoms with van der Waals surface area (Å²) >= 11 is 0. The Morgan fingerprint density at radius 1 is 1.06 bits per heavy atom. The number of nitrogens with zero attached hydrogens (tertiary/aromatic N) is 1. The van der Waals surface area contributed by atoms with Crippen LogP contribution < -0.4 is 24.4 Å². The number of ether oxygens (including phenoxy) is 3. The molecule has 0 saturated carbocycles. The number of rotatable bonds is 8. The van der Waals surface area contributed by atoms with Crippen LogP contribution in [-0.2, 0) is 16.0 Å². The second kappa shape index (κ2) is 8.69. The molecule has 0 spiro atoms. The van der Waals surface area contributed by atoms with Crippen LogP contribution in [0.5, 0.6) is 17.2 Å². The first-order chi connectivity index (χ1) is 15.1. The molecule has 2 heterocycles. The number of hydrogen-bond acceptors (Lipinski definition) is 6. The fourth-order valence-electron chi connectivity index (χ4n) is 3.98. The maximum atomic E-state index is 13.0. The van der Waals surface area contributed by atoms with Gasteiger partial charge >= 0.3 is 0 Å². The van der Waals surface area contributed by atoms with E-state index in [0.717, 1.165) is 17.3 Å². The zero-order valence-corrected chi connectivity index (χ0v) is 17.7. The molecule has 8 nitrogen and oxygen atoms in total. The van der Waals surface area contributed by atoms with E-state index in [1.165, 1.54) is 31.8 Å². The summed E-state index contributed by atoms with van der Waals surface area (Å²) in [7, 11) is 4.48. The van der Waals surface area contributed by atoms with E-state index in [0.29, 0.717) is 29.5 Å². The van der Waals surface area contributed by atoms with E-state index in [1.54, 1.807) is 12.1 Å². The highest BCUT2D eigenvalue weighted by Gasteiger charge is 2.40. The van der Waals surface area contributed by atoms with Gasteiger partial charge in [0.05, 0.1) is 39.5 Å². The predicted molar refractivity (Wildman–Crippen MR) is 117 cm³/mol. The smallest absolute Gasteiger partial charge is 0.251 e. The summed E-state index contributed by atoms with van der Waals surface area (Å²) in [5, 5.41) is 4.40. The van der Waals surface area contributed by atoms with E-state index in [4.69, 9.17) is 14.2 Å². The van der Waals surface area contributed by atoms with Crippen molar-refractivity contribution in [1.82, 2.24) is 10.3 Å². The van der Waals surface area contributed by atoms with E-state index in [9.17, 15) is 9.59 Å². The van der Waals surface area contributed by atoms with E-state index < -0.39 is 6.04 Å². The van der Waals surface area contributed by atoms with Gasteiger partial charge in [-0.1, -0.05) is 18.2 Å². The predicted octanol–water partition coefficient (Wildman–Crippen LogP) is 2.66. The molecule has 2 amide bonds. The van der Waals surface area contributed by atoms with Gasteiger partial charge in [-0.3, -0.25) is 9.59 Å². The Labute approximate surface area is 180 Å². The molecule has 31 heavy (non-hydrogen) atoms. The van der Waals surface area contributed by atoms with Gasteiger partial charge in [-0.2, -0.15) is 0 Å². The number of fused-ring (bicyclic) bond motifs is 1. The largest absolute Gasteiger partial charge is 0.493 e. The number of H-pyrrole nitrogens is 1. The molecular weight excluding hydrogens is 398 g/mol. The normalized spacial score (nSPS) is 16.2. The first-order valence-electron chi connectivity index (χ1n) is 10.0. The molecule has 0 aliphatic carbocycles. The van der Waals surface area contributed by atoms with Gasteiger partial charge in [0.1, 0.15) is 0 Å². The van der Waals surface area contributed by atoms with E-state index >= 15 is 0 Å². The lowest BCUT2D eigenvalue weighted by atomic mass is 10.1. The summed E-state index contributed by atoms with van der Waals surface area (Å²) in [5.41, 5.74) is 2.64. The summed E-state index contributed by atoms with van der Waals surface area (Å²) < 4.78 is 16.0. The highest BCUT2D eigenvalue weighted by atomic mass is 16.5. The quantitative estimate of drug-likeness (QED) is 0.541. The number of nitrogens with one attached hydrogen (secondary N) is 2. The van der Waals surface area contributed by atoms with Gasteiger partial charge in [-0.15, -0.1) is 0 Å². The second-order valence-electron chi connectivity index (χ2n) is 7.27. The van der Waals surface area contributed by atoms with Gasteiger partial charge in [0.2, 0.25) is 11.7 Å². The number of aromatic amines is 1. The van der Waals surface area contributed by atoms with Crippen molar-refractivity contribution in [2.75, 3.05) is 32.8 Å². The van der Waals surface area contributed by atoms with Gasteiger partial charge in [-0.05, 0) is 18.1 Å². The number of benzene rings is 2. The van der Waals surface area contributed by atoms with Crippen molar-refractivity contribution in [2.24, 2.45) is 0 Å². The molecule has 3 aromatic rings. The van der Waals surface area contributed by atoms with Gasteiger partial charge in [0.25, 0.3) is 5.91 Å². The van der Waals surface area contributed by atoms with Crippen LogP contribution in [-0.4, -0.2) is 50.7 Å². The average Bonchev–Trinajstić information content (AvgIpc) is 3.33. The number of imide groups is 1. The minimum Gasteiger partial charge on any atom is -0.493 e. The number of carbonyl (C=O) groups excluding carboxylic acids is 2. The molecule has 1 fully saturated rings. The minimum absolute atomic E-state index is 0.101. The van der Waals surface area contributed by atoms with Crippen LogP contribution in [0.2, 0.25) is 0 Å². The Morgan fingerprint density at radius 3 is 2.45 bits per heavy atom. The topological polar surface area (TPSA) is 92.9 Å². The molecule has 0 bridgehead atoms. The molecule has 1 atom stereocenters. The summed E-state index contributed by atoms with van der Waals surface area (Å²) in [5.74, 6) is 0.602. The average molecular weight is 423 g/mol. The van der Waals surface area contributed by atoms with Crippen molar-refractivity contribution in [1.29, 1.82) is 0 Å². The molecule has 8 heteroatoms. The third kappa shape index (κ3) is 3.82. The van der Waals surface area contributed by atoms with Crippen molar-refractivity contribution >= 4 is 28.4 Å². The fourth-order valence-corrected chi connectivity index (χ4v) is 3.98. The number of aromatic nitrogens is 1. The van der Waals surface area contributed by atoms with Crippen molar-refractivity contribution in [3.8, 4) is 17.2 Å². The highest BCUT2D eigenvalue weighted by Crippen LogP contribution is 2.42. The number of hydrogen-bond donors (Lipinski definition) is 2. The number of anilines is 1. The lowest BCUT2D eigenvalue weighted by molar-refractivity contribution is -0.121. The molecule has 0 unspecified atom stereocenters. The molecule has 1 aromatic heterocycles. The number of carbonyl (C=O) groups is 2. The van der Waals surface area contributed by atoms with Crippen molar-refractivity contribution < 1.29 is 23.8 Å². The molecule has 4 rings (SSSR count).